The van der Waals surface area contributed by atoms with Crippen LogP contribution in [0.15, 0.2) is 0 Å². The van der Waals surface area contributed by atoms with E-state index in [1.807, 2.05) is 0 Å². The van der Waals surface area contributed by atoms with Crippen LogP contribution in [0.3, 0.4) is 0 Å². The third-order valence-corrected chi connectivity index (χ3v) is 2.18. The number of aliphatic hydroxyl groups excluding tert-OH is 1. The van der Waals surface area contributed by atoms with Crippen LogP contribution < -0.4 is 5.32 Å². The van der Waals surface area contributed by atoms with Crippen LogP contribution in [0.25, 0.3) is 0 Å². The summed E-state index contributed by atoms with van der Waals surface area (Å²) >= 11 is 0. The molecule has 0 aliphatic carbocycles. The largest absolute Gasteiger partial charge is 0.395 e. The van der Waals surface area contributed by atoms with E-state index in [4.69, 9.17) is 5.11 Å². The Morgan fingerprint density at radius 2 is 2.40 bits per heavy atom. The van der Waals surface area contributed by atoms with E-state index in [1.165, 1.54) is 0 Å². The van der Waals surface area contributed by atoms with Crippen molar-refractivity contribution < 1.29 is 10.2 Å². The molecule has 3 nitrogen and oxygen atoms in total. The summed E-state index contributed by atoms with van der Waals surface area (Å²) in [7, 11) is 0. The third kappa shape index (κ3) is 1.48. The summed E-state index contributed by atoms with van der Waals surface area (Å²) in [6, 6.07) is -0.138. The van der Waals surface area contributed by atoms with Gasteiger partial charge in [-0.1, -0.05) is 0 Å². The van der Waals surface area contributed by atoms with E-state index < -0.39 is 5.60 Å². The Kier molecular flexibility index (Phi) is 2.28. The van der Waals surface area contributed by atoms with Gasteiger partial charge in [-0.05, 0) is 26.3 Å². The van der Waals surface area contributed by atoms with Gasteiger partial charge in [0.2, 0.25) is 0 Å². The Bertz CT molecular complexity index is 114. The zero-order valence-corrected chi connectivity index (χ0v) is 6.30. The van der Waals surface area contributed by atoms with Crippen LogP contribution in [0, 0.1) is 0 Å². The van der Waals surface area contributed by atoms with Crippen LogP contribution in [0.5, 0.6) is 0 Å². The molecule has 10 heavy (non-hydrogen) atoms. The molecule has 1 fully saturated rings. The topological polar surface area (TPSA) is 52.5 Å². The molecule has 0 amide bonds. The first-order chi connectivity index (χ1) is 4.67. The average Bonchev–Trinajstić information content (AvgIpc) is 1.87. The van der Waals surface area contributed by atoms with Crippen molar-refractivity contribution in [2.45, 2.75) is 31.4 Å². The van der Waals surface area contributed by atoms with E-state index in [0.29, 0.717) is 0 Å². The molecule has 0 bridgehead atoms. The summed E-state index contributed by atoms with van der Waals surface area (Å²) in [6.45, 7) is 2.69. The summed E-state index contributed by atoms with van der Waals surface area (Å²) < 4.78 is 0. The monoisotopic (exact) mass is 145 g/mol. The van der Waals surface area contributed by atoms with Crippen molar-refractivity contribution in [1.82, 2.24) is 5.32 Å². The average molecular weight is 145 g/mol. The van der Waals surface area contributed by atoms with Gasteiger partial charge >= 0.3 is 0 Å². The minimum atomic E-state index is -0.715. The summed E-state index contributed by atoms with van der Waals surface area (Å²) in [5, 5.41) is 21.5. The van der Waals surface area contributed by atoms with Gasteiger partial charge in [0.05, 0.1) is 18.2 Å². The smallest absolute Gasteiger partial charge is 0.0794 e. The van der Waals surface area contributed by atoms with E-state index in [2.05, 4.69) is 5.32 Å². The van der Waals surface area contributed by atoms with E-state index >= 15 is 0 Å². The Labute approximate surface area is 61.1 Å². The van der Waals surface area contributed by atoms with Crippen molar-refractivity contribution in [3.05, 3.63) is 0 Å². The van der Waals surface area contributed by atoms with E-state index in [9.17, 15) is 5.11 Å². The molecule has 0 spiro atoms. The van der Waals surface area contributed by atoms with Gasteiger partial charge < -0.3 is 15.5 Å². The van der Waals surface area contributed by atoms with Crippen LogP contribution in [-0.4, -0.2) is 35.0 Å². The summed E-state index contributed by atoms with van der Waals surface area (Å²) in [6.07, 6.45) is 1.77. The first-order valence-electron chi connectivity index (χ1n) is 3.73. The van der Waals surface area contributed by atoms with Gasteiger partial charge in [-0.3, -0.25) is 0 Å². The van der Waals surface area contributed by atoms with Gasteiger partial charge in [-0.25, -0.2) is 0 Å². The molecule has 0 aromatic rings. The fourth-order valence-corrected chi connectivity index (χ4v) is 1.38. The number of aliphatic hydroxyl groups is 2. The van der Waals surface area contributed by atoms with Crippen molar-refractivity contribution >= 4 is 0 Å². The predicted octanol–water partition coefficient (Wildman–Crippen LogP) is -0.518. The van der Waals surface area contributed by atoms with Crippen LogP contribution in [0.4, 0.5) is 0 Å². The zero-order valence-electron chi connectivity index (χ0n) is 6.30. The van der Waals surface area contributed by atoms with Gasteiger partial charge in [0.1, 0.15) is 0 Å². The molecular weight excluding hydrogens is 130 g/mol. The lowest BCUT2D eigenvalue weighted by Crippen LogP contribution is -2.54. The first-order valence-corrected chi connectivity index (χ1v) is 3.73. The molecule has 60 valence electrons. The van der Waals surface area contributed by atoms with Crippen molar-refractivity contribution in [3.63, 3.8) is 0 Å². The molecule has 0 aromatic heterocycles. The normalized spacial score (nSPS) is 41.7. The molecule has 3 heteroatoms. The summed E-state index contributed by atoms with van der Waals surface area (Å²) in [5.74, 6) is 0. The molecule has 1 rings (SSSR count). The Morgan fingerprint density at radius 3 is 2.80 bits per heavy atom. The minimum Gasteiger partial charge on any atom is -0.395 e. The van der Waals surface area contributed by atoms with Gasteiger partial charge in [0.15, 0.2) is 0 Å². The van der Waals surface area contributed by atoms with E-state index in [-0.39, 0.29) is 12.6 Å². The fraction of sp³-hybridized carbons (Fsp3) is 1.00. The Balaban J connectivity index is 2.51. The van der Waals surface area contributed by atoms with Crippen LogP contribution in [0.2, 0.25) is 0 Å². The molecule has 0 aromatic carbocycles. The van der Waals surface area contributed by atoms with Crippen LogP contribution >= 0.6 is 0 Å². The molecule has 0 saturated carbocycles. The van der Waals surface area contributed by atoms with Gasteiger partial charge in [-0.15, -0.1) is 0 Å². The van der Waals surface area contributed by atoms with Crippen molar-refractivity contribution in [2.75, 3.05) is 13.2 Å². The molecule has 1 unspecified atom stereocenters. The Hall–Kier alpha value is -0.120. The van der Waals surface area contributed by atoms with E-state index in [0.717, 1.165) is 19.4 Å². The van der Waals surface area contributed by atoms with Gasteiger partial charge in [0.25, 0.3) is 0 Å². The van der Waals surface area contributed by atoms with E-state index in [1.54, 1.807) is 6.92 Å². The van der Waals surface area contributed by atoms with Crippen LogP contribution in [-0.2, 0) is 0 Å². The number of nitrogens with one attached hydrogen (secondary N) is 1. The lowest BCUT2D eigenvalue weighted by molar-refractivity contribution is -0.0246. The summed E-state index contributed by atoms with van der Waals surface area (Å²) in [4.78, 5) is 0. The lowest BCUT2D eigenvalue weighted by Gasteiger charge is -2.36. The molecule has 1 heterocycles. The number of rotatable bonds is 1. The first kappa shape index (κ1) is 7.98. The number of piperidine rings is 1. The van der Waals surface area contributed by atoms with Crippen LogP contribution in [0.1, 0.15) is 19.8 Å². The summed E-state index contributed by atoms with van der Waals surface area (Å²) in [5.41, 5.74) is -0.715. The molecule has 2 atom stereocenters. The second-order valence-electron chi connectivity index (χ2n) is 3.15. The standard InChI is InChI=1S/C7H15NO2/c1-7(10)3-2-4-8-6(7)5-9/h6,8-10H,2-5H2,1H3/t6?,7-/m1/s1. The highest BCUT2D eigenvalue weighted by Gasteiger charge is 2.33. The highest BCUT2D eigenvalue weighted by atomic mass is 16.3. The second kappa shape index (κ2) is 2.86. The zero-order chi connectivity index (χ0) is 7.61. The van der Waals surface area contributed by atoms with Gasteiger partial charge in [0, 0.05) is 0 Å². The van der Waals surface area contributed by atoms with Crippen molar-refractivity contribution in [3.8, 4) is 0 Å². The lowest BCUT2D eigenvalue weighted by atomic mass is 9.88. The maximum atomic E-state index is 9.61. The molecule has 1 saturated heterocycles. The predicted molar refractivity (Wildman–Crippen MR) is 38.7 cm³/mol. The third-order valence-electron chi connectivity index (χ3n) is 2.18. The molecular formula is C7H15NO2. The van der Waals surface area contributed by atoms with Crippen molar-refractivity contribution in [1.29, 1.82) is 0 Å². The maximum absolute atomic E-state index is 9.61. The quantitative estimate of drug-likeness (QED) is 0.465. The highest BCUT2D eigenvalue weighted by Crippen LogP contribution is 2.20. The van der Waals surface area contributed by atoms with Crippen molar-refractivity contribution in [2.24, 2.45) is 0 Å². The number of hydrogen-bond acceptors (Lipinski definition) is 3. The fourth-order valence-electron chi connectivity index (χ4n) is 1.38. The minimum absolute atomic E-state index is 0.0208. The van der Waals surface area contributed by atoms with Gasteiger partial charge in [-0.2, -0.15) is 0 Å². The maximum Gasteiger partial charge on any atom is 0.0794 e. The SMILES string of the molecule is C[C@@]1(O)CCCNC1CO. The second-order valence-corrected chi connectivity index (χ2v) is 3.15. The molecule has 1 aliphatic rings. The number of hydrogen-bond donors (Lipinski definition) is 3. The Morgan fingerprint density at radius 1 is 1.70 bits per heavy atom. The molecule has 1 aliphatic heterocycles. The highest BCUT2D eigenvalue weighted by molar-refractivity contribution is 4.90. The molecule has 3 N–H and O–H groups in total. The molecule has 0 radical (unpaired) electrons.